The van der Waals surface area contributed by atoms with E-state index < -0.39 is 0 Å². The average Bonchev–Trinajstić information content (AvgIpc) is 3.02. The maximum Gasteiger partial charge on any atom is 0.272 e. The van der Waals surface area contributed by atoms with Crippen molar-refractivity contribution in [2.45, 2.75) is 13.0 Å². The third kappa shape index (κ3) is 1.98. The van der Waals surface area contributed by atoms with Gasteiger partial charge in [0.25, 0.3) is 5.91 Å². The van der Waals surface area contributed by atoms with Crippen molar-refractivity contribution in [3.63, 3.8) is 0 Å². The zero-order valence-corrected chi connectivity index (χ0v) is 11.4. The van der Waals surface area contributed by atoms with Gasteiger partial charge in [0, 0.05) is 25.4 Å². The lowest BCUT2D eigenvalue weighted by atomic mass is 10.00. The molecule has 0 atom stereocenters. The van der Waals surface area contributed by atoms with Crippen molar-refractivity contribution in [1.82, 2.24) is 19.5 Å². The van der Waals surface area contributed by atoms with Crippen LogP contribution in [0.2, 0.25) is 0 Å². The Bertz CT molecular complexity index is 824. The minimum Gasteiger partial charge on any atom is -0.333 e. The molecular formula is C16H14N4O. The molecule has 0 radical (unpaired) electrons. The average molecular weight is 278 g/mol. The molecule has 0 saturated carbocycles. The standard InChI is InChI=1S/C16H14N4O/c21-16(14-5-8-17-15-6-9-18-20(14)15)19-10-7-12-3-1-2-4-13(12)11-19/h1-6,8-9H,7,10-11H2. The Morgan fingerprint density at radius 2 is 1.90 bits per heavy atom. The maximum atomic E-state index is 12.8. The van der Waals surface area contributed by atoms with E-state index in [1.807, 2.05) is 17.0 Å². The first kappa shape index (κ1) is 12.1. The van der Waals surface area contributed by atoms with Crippen LogP contribution < -0.4 is 0 Å². The summed E-state index contributed by atoms with van der Waals surface area (Å²) in [6.45, 7) is 1.39. The van der Waals surface area contributed by atoms with Gasteiger partial charge in [0.1, 0.15) is 5.69 Å². The first-order valence-corrected chi connectivity index (χ1v) is 6.98. The van der Waals surface area contributed by atoms with Crippen LogP contribution in [-0.4, -0.2) is 31.9 Å². The molecule has 5 heteroatoms. The van der Waals surface area contributed by atoms with Gasteiger partial charge in [-0.3, -0.25) is 4.79 Å². The SMILES string of the molecule is O=C(c1ccnc2ccnn12)N1CCc2ccccc2C1. The molecule has 1 amide bonds. The normalized spacial score (nSPS) is 14.2. The first-order chi connectivity index (χ1) is 10.3. The topological polar surface area (TPSA) is 50.5 Å². The number of carbonyl (C=O) groups is 1. The molecule has 3 aromatic rings. The summed E-state index contributed by atoms with van der Waals surface area (Å²) in [5.74, 6) is 0.000558. The molecule has 0 aliphatic carbocycles. The Hall–Kier alpha value is -2.69. The van der Waals surface area contributed by atoms with E-state index in [-0.39, 0.29) is 5.91 Å². The highest BCUT2D eigenvalue weighted by Crippen LogP contribution is 2.20. The number of aromatic nitrogens is 3. The molecule has 1 aromatic carbocycles. The van der Waals surface area contributed by atoms with Crippen molar-refractivity contribution in [3.8, 4) is 0 Å². The molecule has 0 spiro atoms. The third-order valence-corrected chi connectivity index (χ3v) is 3.93. The monoisotopic (exact) mass is 278 g/mol. The predicted octanol–water partition coefficient (Wildman–Crippen LogP) is 1.93. The van der Waals surface area contributed by atoms with Crippen LogP contribution in [0.1, 0.15) is 21.6 Å². The van der Waals surface area contributed by atoms with Crippen LogP contribution >= 0.6 is 0 Å². The minimum atomic E-state index is 0.000558. The van der Waals surface area contributed by atoms with Crippen molar-refractivity contribution in [2.75, 3.05) is 6.54 Å². The molecule has 21 heavy (non-hydrogen) atoms. The lowest BCUT2D eigenvalue weighted by Crippen LogP contribution is -2.37. The molecule has 2 aromatic heterocycles. The van der Waals surface area contributed by atoms with Crippen molar-refractivity contribution >= 4 is 11.6 Å². The van der Waals surface area contributed by atoms with Gasteiger partial charge in [-0.15, -0.1) is 0 Å². The number of hydrogen-bond donors (Lipinski definition) is 0. The molecule has 0 bridgehead atoms. The number of amides is 1. The second-order valence-electron chi connectivity index (χ2n) is 5.18. The number of nitrogens with zero attached hydrogens (tertiary/aromatic N) is 4. The van der Waals surface area contributed by atoms with Crippen molar-refractivity contribution in [2.24, 2.45) is 0 Å². The molecule has 0 unspecified atom stereocenters. The van der Waals surface area contributed by atoms with E-state index in [2.05, 4.69) is 22.2 Å². The van der Waals surface area contributed by atoms with Crippen LogP contribution in [0.25, 0.3) is 5.65 Å². The van der Waals surface area contributed by atoms with Gasteiger partial charge in [-0.2, -0.15) is 5.10 Å². The summed E-state index contributed by atoms with van der Waals surface area (Å²) in [6.07, 6.45) is 4.21. The van der Waals surface area contributed by atoms with Crippen molar-refractivity contribution in [3.05, 3.63) is 65.6 Å². The molecule has 0 N–H and O–H groups in total. The fraction of sp³-hybridized carbons (Fsp3) is 0.188. The van der Waals surface area contributed by atoms with Crippen molar-refractivity contribution < 1.29 is 4.79 Å². The van der Waals surface area contributed by atoms with Gasteiger partial charge in [0.15, 0.2) is 5.65 Å². The number of hydrogen-bond acceptors (Lipinski definition) is 3. The lowest BCUT2D eigenvalue weighted by Gasteiger charge is -2.28. The number of benzene rings is 1. The predicted molar refractivity (Wildman–Crippen MR) is 77.9 cm³/mol. The van der Waals surface area contributed by atoms with Crippen LogP contribution in [-0.2, 0) is 13.0 Å². The number of fused-ring (bicyclic) bond motifs is 2. The summed E-state index contributed by atoms with van der Waals surface area (Å²) < 4.78 is 1.60. The highest BCUT2D eigenvalue weighted by atomic mass is 16.2. The quantitative estimate of drug-likeness (QED) is 0.683. The van der Waals surface area contributed by atoms with Gasteiger partial charge in [-0.25, -0.2) is 9.50 Å². The Morgan fingerprint density at radius 3 is 2.81 bits per heavy atom. The fourth-order valence-corrected chi connectivity index (χ4v) is 2.83. The Morgan fingerprint density at radius 1 is 1.05 bits per heavy atom. The summed E-state index contributed by atoms with van der Waals surface area (Å²) in [7, 11) is 0. The lowest BCUT2D eigenvalue weighted by molar-refractivity contribution is 0.0725. The highest BCUT2D eigenvalue weighted by molar-refractivity contribution is 5.93. The van der Waals surface area contributed by atoms with E-state index in [1.54, 1.807) is 29.0 Å². The summed E-state index contributed by atoms with van der Waals surface area (Å²) in [4.78, 5) is 18.8. The smallest absolute Gasteiger partial charge is 0.272 e. The molecule has 104 valence electrons. The zero-order chi connectivity index (χ0) is 14.2. The number of rotatable bonds is 1. The van der Waals surface area contributed by atoms with Crippen LogP contribution in [0.4, 0.5) is 0 Å². The van der Waals surface area contributed by atoms with Gasteiger partial charge in [-0.05, 0) is 23.6 Å². The second-order valence-corrected chi connectivity index (χ2v) is 5.18. The van der Waals surface area contributed by atoms with Gasteiger partial charge in [-0.1, -0.05) is 24.3 Å². The largest absolute Gasteiger partial charge is 0.333 e. The molecule has 0 saturated heterocycles. The molecular weight excluding hydrogens is 264 g/mol. The van der Waals surface area contributed by atoms with Gasteiger partial charge < -0.3 is 4.90 Å². The van der Waals surface area contributed by atoms with E-state index in [0.29, 0.717) is 17.9 Å². The molecule has 1 aliphatic rings. The van der Waals surface area contributed by atoms with Crippen molar-refractivity contribution in [1.29, 1.82) is 0 Å². The third-order valence-electron chi connectivity index (χ3n) is 3.93. The summed E-state index contributed by atoms with van der Waals surface area (Å²) in [5.41, 5.74) is 3.81. The van der Waals surface area contributed by atoms with E-state index >= 15 is 0 Å². The van der Waals surface area contributed by atoms with Gasteiger partial charge in [0.05, 0.1) is 6.20 Å². The van der Waals surface area contributed by atoms with Crippen LogP contribution in [0.5, 0.6) is 0 Å². The van der Waals surface area contributed by atoms with Crippen LogP contribution in [0.3, 0.4) is 0 Å². The van der Waals surface area contributed by atoms with E-state index in [1.165, 1.54) is 11.1 Å². The molecule has 1 aliphatic heterocycles. The van der Waals surface area contributed by atoms with Crippen LogP contribution in [0, 0.1) is 0 Å². The molecule has 5 nitrogen and oxygen atoms in total. The summed E-state index contributed by atoms with van der Waals surface area (Å²) >= 11 is 0. The zero-order valence-electron chi connectivity index (χ0n) is 11.4. The molecule has 4 rings (SSSR count). The maximum absolute atomic E-state index is 12.8. The molecule has 3 heterocycles. The fourth-order valence-electron chi connectivity index (χ4n) is 2.83. The van der Waals surface area contributed by atoms with E-state index in [9.17, 15) is 4.79 Å². The Kier molecular flexibility index (Phi) is 2.70. The van der Waals surface area contributed by atoms with Gasteiger partial charge in [0.2, 0.25) is 0 Å². The first-order valence-electron chi connectivity index (χ1n) is 6.98. The second kappa shape index (κ2) is 4.70. The minimum absolute atomic E-state index is 0.000558. The van der Waals surface area contributed by atoms with E-state index in [0.717, 1.165) is 13.0 Å². The molecule has 0 fully saturated rings. The van der Waals surface area contributed by atoms with E-state index in [4.69, 9.17) is 0 Å². The Balaban J connectivity index is 1.69. The Labute approximate surface area is 121 Å². The highest BCUT2D eigenvalue weighted by Gasteiger charge is 2.23. The number of carbonyl (C=O) groups excluding carboxylic acids is 1. The summed E-state index contributed by atoms with van der Waals surface area (Å²) in [6, 6.07) is 11.8. The van der Waals surface area contributed by atoms with Crippen LogP contribution in [0.15, 0.2) is 48.8 Å². The van der Waals surface area contributed by atoms with Gasteiger partial charge >= 0.3 is 0 Å². The summed E-state index contributed by atoms with van der Waals surface area (Å²) in [5, 5.41) is 4.19.